The topological polar surface area (TPSA) is 106 Å². The van der Waals surface area contributed by atoms with Crippen LogP contribution in [0.1, 0.15) is 5.56 Å². The van der Waals surface area contributed by atoms with Crippen LogP contribution >= 0.6 is 0 Å². The highest BCUT2D eigenvalue weighted by Crippen LogP contribution is 2.35. The molecule has 0 atom stereocenters. The molecule has 4 rings (SSSR count). The Morgan fingerprint density at radius 1 is 0.944 bits per heavy atom. The monoisotopic (exact) mass is 519 g/mol. The zero-order chi connectivity index (χ0) is 25.9. The van der Waals surface area contributed by atoms with Crippen molar-refractivity contribution in [3.8, 4) is 22.9 Å². The van der Waals surface area contributed by atoms with Crippen LogP contribution in [0.3, 0.4) is 0 Å². The normalized spacial score (nSPS) is 11.2. The molecule has 36 heavy (non-hydrogen) atoms. The van der Waals surface area contributed by atoms with Gasteiger partial charge in [-0.3, -0.25) is 4.72 Å². The van der Waals surface area contributed by atoms with E-state index in [9.17, 15) is 26.0 Å². The van der Waals surface area contributed by atoms with Crippen LogP contribution in [0, 0.1) is 23.3 Å². The molecule has 0 aliphatic rings. The fourth-order valence-corrected chi connectivity index (χ4v) is 4.33. The number of hydrogen-bond acceptors (Lipinski definition) is 7. The third-order valence-electron chi connectivity index (χ3n) is 4.79. The molecule has 2 aromatic heterocycles. The molecule has 0 unspecified atom stereocenters. The van der Waals surface area contributed by atoms with E-state index >= 15 is 0 Å². The molecule has 0 aliphatic heterocycles. The van der Waals surface area contributed by atoms with E-state index in [1.807, 2.05) is 0 Å². The minimum Gasteiger partial charge on any atom is -0.435 e. The van der Waals surface area contributed by atoms with E-state index in [0.717, 1.165) is 12.1 Å². The van der Waals surface area contributed by atoms with Gasteiger partial charge in [0.1, 0.15) is 11.5 Å². The molecule has 2 aromatic carbocycles. The predicted octanol–water partition coefficient (Wildman–Crippen LogP) is 4.87. The van der Waals surface area contributed by atoms with E-state index in [0.29, 0.717) is 11.8 Å². The van der Waals surface area contributed by atoms with E-state index in [1.54, 1.807) is 23.9 Å². The summed E-state index contributed by atoms with van der Waals surface area (Å²) in [6.07, 6.45) is 2.78. The van der Waals surface area contributed by atoms with Gasteiger partial charge in [-0.2, -0.15) is 4.39 Å². The van der Waals surface area contributed by atoms with Crippen molar-refractivity contribution in [3.05, 3.63) is 89.8 Å². The van der Waals surface area contributed by atoms with Crippen molar-refractivity contribution < 1.29 is 30.7 Å². The third kappa shape index (κ3) is 5.51. The Morgan fingerprint density at radius 3 is 2.42 bits per heavy atom. The third-order valence-corrected chi connectivity index (χ3v) is 6.01. The number of rotatable bonds is 8. The summed E-state index contributed by atoms with van der Waals surface area (Å²) in [5.41, 5.74) is -0.457. The Bertz CT molecular complexity index is 1520. The van der Waals surface area contributed by atoms with Crippen LogP contribution < -0.4 is 14.8 Å². The van der Waals surface area contributed by atoms with Crippen molar-refractivity contribution in [2.75, 3.05) is 17.1 Å². The van der Waals surface area contributed by atoms with Gasteiger partial charge in [-0.1, -0.05) is 12.1 Å². The van der Waals surface area contributed by atoms with Crippen LogP contribution in [0.2, 0.25) is 0 Å². The number of hydrogen-bond donors (Lipinski definition) is 2. The largest absolute Gasteiger partial charge is 0.435 e. The van der Waals surface area contributed by atoms with Gasteiger partial charge in [0.05, 0.1) is 17.0 Å². The molecule has 0 saturated carbocycles. The summed E-state index contributed by atoms with van der Waals surface area (Å²) < 4.78 is 89.1. The molecule has 8 nitrogen and oxygen atoms in total. The van der Waals surface area contributed by atoms with Gasteiger partial charge in [0.15, 0.2) is 17.4 Å². The fourth-order valence-electron chi connectivity index (χ4n) is 3.13. The smallest absolute Gasteiger partial charge is 0.237 e. The van der Waals surface area contributed by atoms with E-state index < -0.39 is 50.5 Å². The second kappa shape index (κ2) is 10.2. The first-order valence-corrected chi connectivity index (χ1v) is 11.9. The molecule has 2 N–H and O–H groups in total. The number of halogens is 4. The average Bonchev–Trinajstić information content (AvgIpc) is 2.86. The Kier molecular flexibility index (Phi) is 7.01. The molecule has 186 valence electrons. The maximum absolute atomic E-state index is 14.8. The van der Waals surface area contributed by atoms with Crippen molar-refractivity contribution in [2.45, 2.75) is 5.75 Å². The average molecular weight is 519 g/mol. The second-order valence-corrected chi connectivity index (χ2v) is 9.04. The van der Waals surface area contributed by atoms with Gasteiger partial charge in [0.25, 0.3) is 0 Å². The lowest BCUT2D eigenvalue weighted by molar-refractivity contribution is 0.401. The van der Waals surface area contributed by atoms with Gasteiger partial charge in [-0.05, 0) is 35.9 Å². The molecule has 4 aromatic rings. The molecule has 0 saturated heterocycles. The Labute approximate surface area is 203 Å². The van der Waals surface area contributed by atoms with E-state index in [2.05, 4.69) is 20.3 Å². The van der Waals surface area contributed by atoms with Gasteiger partial charge in [-0.15, -0.1) is 0 Å². The first-order chi connectivity index (χ1) is 17.2. The zero-order valence-corrected chi connectivity index (χ0v) is 19.3. The number of pyridine rings is 1. The van der Waals surface area contributed by atoms with Gasteiger partial charge < -0.3 is 10.1 Å². The van der Waals surface area contributed by atoms with Gasteiger partial charge in [-0.25, -0.2) is 36.5 Å². The van der Waals surface area contributed by atoms with Crippen LogP contribution in [-0.2, 0) is 15.8 Å². The van der Waals surface area contributed by atoms with Crippen LogP contribution in [0.15, 0.2) is 60.9 Å². The molecular formula is C23H17F4N5O3S. The second-order valence-electron chi connectivity index (χ2n) is 7.32. The van der Waals surface area contributed by atoms with Crippen LogP contribution in [0.4, 0.5) is 29.2 Å². The van der Waals surface area contributed by atoms with Gasteiger partial charge in [0, 0.05) is 25.5 Å². The van der Waals surface area contributed by atoms with Crippen molar-refractivity contribution in [2.24, 2.45) is 0 Å². The standard InChI is InChI=1S/C23H17F4N5O3S/c1-28-23-30-10-8-17(31-23)15-3-2-9-29-22(15)35-18-11-16(25)21(20(27)19(18)26)32-36(33,34)12-13-4-6-14(24)7-5-13/h2-11,32H,12H2,1H3,(H,28,30,31). The highest BCUT2D eigenvalue weighted by atomic mass is 32.2. The summed E-state index contributed by atoms with van der Waals surface area (Å²) in [7, 11) is -2.77. The molecule has 0 spiro atoms. The van der Waals surface area contributed by atoms with Crippen molar-refractivity contribution in [1.82, 2.24) is 15.0 Å². The summed E-state index contributed by atoms with van der Waals surface area (Å²) in [5.74, 6) is -6.99. The fraction of sp³-hybridized carbons (Fsp3) is 0.0870. The lowest BCUT2D eigenvalue weighted by atomic mass is 10.2. The summed E-state index contributed by atoms with van der Waals surface area (Å²) in [6.45, 7) is 0. The predicted molar refractivity (Wildman–Crippen MR) is 124 cm³/mol. The van der Waals surface area contributed by atoms with Crippen LogP contribution in [0.25, 0.3) is 11.3 Å². The minimum atomic E-state index is -4.38. The molecular weight excluding hydrogens is 502 g/mol. The van der Waals surface area contributed by atoms with E-state index in [-0.39, 0.29) is 23.0 Å². The quantitative estimate of drug-likeness (QED) is 0.253. The molecule has 0 amide bonds. The Hall–Kier alpha value is -4.26. The number of anilines is 2. The lowest BCUT2D eigenvalue weighted by Gasteiger charge is -2.14. The summed E-state index contributed by atoms with van der Waals surface area (Å²) in [4.78, 5) is 12.2. The number of aromatic nitrogens is 3. The SMILES string of the molecule is CNc1nccc(-c2cccnc2Oc2cc(F)c(NS(=O)(=O)Cc3ccc(F)cc3)c(F)c2F)n1. The van der Waals surface area contributed by atoms with E-state index in [1.165, 1.54) is 30.6 Å². The Balaban J connectivity index is 1.63. The first kappa shape index (κ1) is 24.9. The maximum Gasteiger partial charge on any atom is 0.237 e. The van der Waals surface area contributed by atoms with Crippen LogP contribution in [0.5, 0.6) is 11.6 Å². The highest BCUT2D eigenvalue weighted by molar-refractivity contribution is 7.91. The molecule has 13 heteroatoms. The zero-order valence-electron chi connectivity index (χ0n) is 18.5. The lowest BCUT2D eigenvalue weighted by Crippen LogP contribution is -2.18. The van der Waals surface area contributed by atoms with Gasteiger partial charge >= 0.3 is 0 Å². The highest BCUT2D eigenvalue weighted by Gasteiger charge is 2.25. The summed E-state index contributed by atoms with van der Waals surface area (Å²) >= 11 is 0. The Morgan fingerprint density at radius 2 is 1.69 bits per heavy atom. The number of nitrogens with zero attached hydrogens (tertiary/aromatic N) is 3. The number of sulfonamides is 1. The molecule has 0 radical (unpaired) electrons. The van der Waals surface area contributed by atoms with Crippen LogP contribution in [-0.4, -0.2) is 30.4 Å². The molecule has 0 aliphatic carbocycles. The first-order valence-electron chi connectivity index (χ1n) is 10.2. The van der Waals surface area contributed by atoms with Crippen molar-refractivity contribution >= 4 is 21.7 Å². The number of nitrogens with one attached hydrogen (secondary N) is 2. The maximum atomic E-state index is 14.8. The van der Waals surface area contributed by atoms with Crippen molar-refractivity contribution in [1.29, 1.82) is 0 Å². The van der Waals surface area contributed by atoms with Gasteiger partial charge in [0.2, 0.25) is 27.7 Å². The molecule has 0 bridgehead atoms. The van der Waals surface area contributed by atoms with Crippen molar-refractivity contribution in [3.63, 3.8) is 0 Å². The number of ether oxygens (including phenoxy) is 1. The minimum absolute atomic E-state index is 0.152. The summed E-state index contributed by atoms with van der Waals surface area (Å²) in [6, 6.07) is 9.58. The molecule has 0 fully saturated rings. The van der Waals surface area contributed by atoms with E-state index in [4.69, 9.17) is 4.74 Å². The molecule has 2 heterocycles. The number of benzene rings is 2. The summed E-state index contributed by atoms with van der Waals surface area (Å²) in [5, 5.41) is 2.76.